The average molecular weight is 411 g/mol. The van der Waals surface area contributed by atoms with Gasteiger partial charge in [0.2, 0.25) is 0 Å². The molecule has 1 aliphatic heterocycles. The first-order chi connectivity index (χ1) is 12.3. The summed E-state index contributed by atoms with van der Waals surface area (Å²) < 4.78 is 0. The van der Waals surface area contributed by atoms with Crippen molar-refractivity contribution in [1.82, 2.24) is 4.90 Å². The van der Waals surface area contributed by atoms with Crippen molar-refractivity contribution in [2.45, 2.75) is 11.9 Å². The van der Waals surface area contributed by atoms with Crippen LogP contribution < -0.4 is 5.32 Å². The maximum Gasteiger partial charge on any atom is 0.335 e. The number of amides is 2. The molecule has 2 aromatic carbocycles. The molecule has 0 spiro atoms. The Balaban J connectivity index is 1.76. The molecule has 1 fully saturated rings. The van der Waals surface area contributed by atoms with E-state index in [9.17, 15) is 14.4 Å². The second-order valence-electron chi connectivity index (χ2n) is 5.46. The fourth-order valence-electron chi connectivity index (χ4n) is 2.41. The van der Waals surface area contributed by atoms with Crippen LogP contribution in [0.2, 0.25) is 10.0 Å². The number of nitrogens with one attached hydrogen (secondary N) is 1. The molecule has 0 aliphatic carbocycles. The number of nitrogens with zero attached hydrogens (tertiary/aromatic N) is 1. The highest BCUT2D eigenvalue weighted by molar-refractivity contribution is 8.15. The summed E-state index contributed by atoms with van der Waals surface area (Å²) >= 11 is 12.8. The molecule has 0 bridgehead atoms. The molecule has 1 heterocycles. The van der Waals surface area contributed by atoms with Crippen LogP contribution in [0.1, 0.15) is 15.9 Å². The van der Waals surface area contributed by atoms with Gasteiger partial charge in [0.05, 0.1) is 22.8 Å². The van der Waals surface area contributed by atoms with Crippen LogP contribution >= 0.6 is 35.0 Å². The van der Waals surface area contributed by atoms with E-state index in [1.165, 1.54) is 12.1 Å². The Morgan fingerprint density at radius 1 is 1.19 bits per heavy atom. The minimum absolute atomic E-state index is 0.00670. The van der Waals surface area contributed by atoms with Gasteiger partial charge in [0.15, 0.2) is 5.37 Å². The van der Waals surface area contributed by atoms with Crippen molar-refractivity contribution in [3.8, 4) is 0 Å². The van der Waals surface area contributed by atoms with Crippen molar-refractivity contribution in [2.75, 3.05) is 5.32 Å². The summed E-state index contributed by atoms with van der Waals surface area (Å²) in [5.41, 5.74) is 1.09. The largest absolute Gasteiger partial charge is 0.478 e. The Hall–Kier alpha value is -2.22. The van der Waals surface area contributed by atoms with Crippen LogP contribution in [0.3, 0.4) is 0 Å². The van der Waals surface area contributed by atoms with Crippen molar-refractivity contribution in [1.29, 1.82) is 0 Å². The Morgan fingerprint density at radius 2 is 1.96 bits per heavy atom. The first-order valence-corrected chi connectivity index (χ1v) is 9.04. The SMILES string of the molecule is O=C(O)c1cccc(CN2C(=O)S[C@H](Nc3cc(Cl)ccc3Cl)C2=O)c1. The van der Waals surface area contributed by atoms with E-state index in [4.69, 9.17) is 28.3 Å². The number of carbonyl (C=O) groups is 3. The fraction of sp³-hybridized carbons (Fsp3) is 0.118. The van der Waals surface area contributed by atoms with Crippen molar-refractivity contribution >= 4 is 57.8 Å². The van der Waals surface area contributed by atoms with Gasteiger partial charge in [-0.05, 0) is 47.7 Å². The van der Waals surface area contributed by atoms with Crippen molar-refractivity contribution < 1.29 is 19.5 Å². The van der Waals surface area contributed by atoms with Gasteiger partial charge in [-0.3, -0.25) is 14.5 Å². The molecule has 26 heavy (non-hydrogen) atoms. The second-order valence-corrected chi connectivity index (χ2v) is 7.36. The summed E-state index contributed by atoms with van der Waals surface area (Å²) in [6.07, 6.45) is 0. The van der Waals surface area contributed by atoms with Gasteiger partial charge in [0.25, 0.3) is 11.1 Å². The highest BCUT2D eigenvalue weighted by Crippen LogP contribution is 2.33. The molecular weight excluding hydrogens is 399 g/mol. The Morgan fingerprint density at radius 3 is 2.69 bits per heavy atom. The number of carbonyl (C=O) groups excluding carboxylic acids is 2. The zero-order valence-corrected chi connectivity index (χ0v) is 15.4. The van der Waals surface area contributed by atoms with Crippen molar-refractivity contribution in [3.05, 3.63) is 63.6 Å². The number of halogens is 2. The third kappa shape index (κ3) is 3.95. The summed E-state index contributed by atoms with van der Waals surface area (Å²) in [7, 11) is 0. The number of anilines is 1. The van der Waals surface area contributed by atoms with Crippen LogP contribution in [0.15, 0.2) is 42.5 Å². The molecular formula is C17H12Cl2N2O4S. The Bertz CT molecular complexity index is 906. The van der Waals surface area contributed by atoms with Crippen molar-refractivity contribution in [3.63, 3.8) is 0 Å². The molecule has 1 saturated heterocycles. The zero-order valence-electron chi connectivity index (χ0n) is 13.1. The first kappa shape index (κ1) is 18.6. The minimum Gasteiger partial charge on any atom is -0.478 e. The summed E-state index contributed by atoms with van der Waals surface area (Å²) in [5.74, 6) is -1.51. The molecule has 2 amide bonds. The van der Waals surface area contributed by atoms with Gasteiger partial charge >= 0.3 is 5.97 Å². The van der Waals surface area contributed by atoms with Gasteiger partial charge in [0, 0.05) is 5.02 Å². The number of rotatable bonds is 5. The van der Waals surface area contributed by atoms with E-state index in [2.05, 4.69) is 5.32 Å². The van der Waals surface area contributed by atoms with Crippen LogP contribution in [0.25, 0.3) is 0 Å². The van der Waals surface area contributed by atoms with E-state index < -0.39 is 22.5 Å². The standard InChI is InChI=1S/C17H12Cl2N2O4S/c18-11-4-5-12(19)13(7-11)20-14-15(22)21(17(25)26-14)8-9-2-1-3-10(6-9)16(23)24/h1-7,14,20H,8H2,(H,23,24)/t14-/m0/s1. The number of aromatic carboxylic acids is 1. The second kappa shape index (κ2) is 7.57. The van der Waals surface area contributed by atoms with E-state index in [1.807, 2.05) is 0 Å². The normalized spacial score (nSPS) is 16.8. The molecule has 0 radical (unpaired) electrons. The molecule has 0 saturated carbocycles. The third-order valence-electron chi connectivity index (χ3n) is 3.66. The minimum atomic E-state index is -1.07. The molecule has 1 aliphatic rings. The lowest BCUT2D eigenvalue weighted by atomic mass is 10.1. The number of imide groups is 1. The Kier molecular flexibility index (Phi) is 5.41. The first-order valence-electron chi connectivity index (χ1n) is 7.41. The van der Waals surface area contributed by atoms with Gasteiger partial charge < -0.3 is 10.4 Å². The number of hydrogen-bond donors (Lipinski definition) is 2. The quantitative estimate of drug-likeness (QED) is 0.762. The third-order valence-corrected chi connectivity index (χ3v) is 5.20. The maximum absolute atomic E-state index is 12.6. The lowest BCUT2D eigenvalue weighted by Gasteiger charge is -2.16. The summed E-state index contributed by atoms with van der Waals surface area (Å²) in [4.78, 5) is 36.9. The number of carboxylic acids is 1. The molecule has 0 unspecified atom stereocenters. The summed E-state index contributed by atoms with van der Waals surface area (Å²) in [6, 6.07) is 10.9. The van der Waals surface area contributed by atoms with Gasteiger partial charge in [0.1, 0.15) is 0 Å². The number of thioether (sulfide) groups is 1. The van der Waals surface area contributed by atoms with E-state index in [0.29, 0.717) is 21.3 Å². The van der Waals surface area contributed by atoms with Crippen LogP contribution in [-0.2, 0) is 11.3 Å². The van der Waals surface area contributed by atoms with Crippen LogP contribution in [0.5, 0.6) is 0 Å². The number of hydrogen-bond acceptors (Lipinski definition) is 5. The average Bonchev–Trinajstić information content (AvgIpc) is 2.86. The van der Waals surface area contributed by atoms with Gasteiger partial charge in [-0.25, -0.2) is 4.79 Å². The maximum atomic E-state index is 12.6. The molecule has 0 aromatic heterocycles. The van der Waals surface area contributed by atoms with Crippen LogP contribution in [0, 0.1) is 0 Å². The number of carboxylic acid groups (broad SMARTS) is 1. The molecule has 6 nitrogen and oxygen atoms in total. The highest BCUT2D eigenvalue weighted by Gasteiger charge is 2.39. The van der Waals surface area contributed by atoms with E-state index >= 15 is 0 Å². The number of benzene rings is 2. The smallest absolute Gasteiger partial charge is 0.335 e. The predicted octanol–water partition coefficient (Wildman–Crippen LogP) is 4.33. The molecule has 134 valence electrons. The molecule has 9 heteroatoms. The van der Waals surface area contributed by atoms with E-state index in [0.717, 1.165) is 16.7 Å². The van der Waals surface area contributed by atoms with E-state index in [-0.39, 0.29) is 12.1 Å². The topological polar surface area (TPSA) is 86.7 Å². The lowest BCUT2D eigenvalue weighted by molar-refractivity contribution is -0.126. The predicted molar refractivity (Wildman–Crippen MR) is 101 cm³/mol. The van der Waals surface area contributed by atoms with Gasteiger partial charge in [-0.15, -0.1) is 0 Å². The molecule has 2 aromatic rings. The fourth-order valence-corrected chi connectivity index (χ4v) is 3.66. The van der Waals surface area contributed by atoms with Crippen LogP contribution in [-0.4, -0.2) is 32.5 Å². The van der Waals surface area contributed by atoms with Crippen molar-refractivity contribution in [2.24, 2.45) is 0 Å². The molecule has 3 rings (SSSR count). The molecule has 1 atom stereocenters. The van der Waals surface area contributed by atoms with Gasteiger partial charge in [-0.1, -0.05) is 35.3 Å². The zero-order chi connectivity index (χ0) is 18.8. The Labute approximate surface area is 163 Å². The molecule has 2 N–H and O–H groups in total. The summed E-state index contributed by atoms with van der Waals surface area (Å²) in [6.45, 7) is -0.00670. The summed E-state index contributed by atoms with van der Waals surface area (Å²) in [5, 5.41) is 11.5. The highest BCUT2D eigenvalue weighted by atomic mass is 35.5. The van der Waals surface area contributed by atoms with E-state index in [1.54, 1.807) is 30.3 Å². The van der Waals surface area contributed by atoms with Crippen LogP contribution in [0.4, 0.5) is 10.5 Å². The van der Waals surface area contributed by atoms with Gasteiger partial charge in [-0.2, -0.15) is 0 Å². The monoisotopic (exact) mass is 410 g/mol. The lowest BCUT2D eigenvalue weighted by Crippen LogP contribution is -2.34.